The minimum Gasteiger partial charge on any atom is -0.465 e. The predicted molar refractivity (Wildman–Crippen MR) is 89.4 cm³/mol. The van der Waals surface area contributed by atoms with E-state index in [1.807, 2.05) is 49.4 Å². The summed E-state index contributed by atoms with van der Waals surface area (Å²) in [5.41, 5.74) is 3.21. The second-order valence-corrected chi connectivity index (χ2v) is 4.85. The highest BCUT2D eigenvalue weighted by Crippen LogP contribution is 2.19. The van der Waals surface area contributed by atoms with Crippen LogP contribution in [0.1, 0.15) is 18.5 Å². The number of allylic oxidation sites excluding steroid dienone is 1. The first kappa shape index (κ1) is 15.1. The molecule has 0 bridgehead atoms. The number of fused-ring (bicyclic) bond motifs is 1. The molecule has 0 aliphatic carbocycles. The smallest absolute Gasteiger partial charge is 0.134 e. The number of halogens is 1. The van der Waals surface area contributed by atoms with Gasteiger partial charge >= 0.3 is 0 Å². The highest BCUT2D eigenvalue weighted by molar-refractivity contribution is 5.85. The fourth-order valence-electron chi connectivity index (χ4n) is 2.20. The van der Waals surface area contributed by atoms with Crippen molar-refractivity contribution in [3.63, 3.8) is 0 Å². The highest BCUT2D eigenvalue weighted by atomic mass is 35.5. The van der Waals surface area contributed by atoms with Crippen LogP contribution in [-0.4, -0.2) is 9.55 Å². The third-order valence-electron chi connectivity index (χ3n) is 3.05. The number of para-hydroxylation sites is 2. The van der Waals surface area contributed by atoms with Gasteiger partial charge in [0.05, 0.1) is 17.3 Å². The van der Waals surface area contributed by atoms with Gasteiger partial charge in [0.25, 0.3) is 0 Å². The molecule has 3 nitrogen and oxygen atoms in total. The topological polar surface area (TPSA) is 31.0 Å². The van der Waals surface area contributed by atoms with Gasteiger partial charge in [0.15, 0.2) is 0 Å². The monoisotopic (exact) mass is 300 g/mol. The molecule has 0 unspecified atom stereocenters. The fraction of sp³-hybridized carbons (Fsp3) is 0.118. The van der Waals surface area contributed by atoms with Gasteiger partial charge < -0.3 is 8.98 Å². The van der Waals surface area contributed by atoms with Crippen LogP contribution in [0, 0.1) is 0 Å². The normalized spacial score (nSPS) is 10.9. The first-order valence-electron chi connectivity index (χ1n) is 6.55. The number of furan rings is 1. The molecule has 0 fully saturated rings. The van der Waals surface area contributed by atoms with Crippen molar-refractivity contribution in [3.05, 3.63) is 66.4 Å². The summed E-state index contributed by atoms with van der Waals surface area (Å²) in [4.78, 5) is 4.66. The van der Waals surface area contributed by atoms with Gasteiger partial charge in [0.1, 0.15) is 11.6 Å². The molecule has 0 radical (unpaired) electrons. The molecule has 0 saturated heterocycles. The Balaban J connectivity index is 0.00000161. The van der Waals surface area contributed by atoms with E-state index < -0.39 is 0 Å². The van der Waals surface area contributed by atoms with Crippen molar-refractivity contribution >= 4 is 35.6 Å². The Bertz CT molecular complexity index is 769. The van der Waals surface area contributed by atoms with Gasteiger partial charge in [-0.2, -0.15) is 0 Å². The van der Waals surface area contributed by atoms with Crippen molar-refractivity contribution in [1.29, 1.82) is 0 Å². The first-order valence-corrected chi connectivity index (χ1v) is 6.55. The van der Waals surface area contributed by atoms with Crippen LogP contribution < -0.4 is 0 Å². The zero-order chi connectivity index (χ0) is 13.9. The van der Waals surface area contributed by atoms with Gasteiger partial charge in [-0.25, -0.2) is 4.98 Å². The third-order valence-corrected chi connectivity index (χ3v) is 3.05. The summed E-state index contributed by atoms with van der Waals surface area (Å²) < 4.78 is 7.47. The van der Waals surface area contributed by atoms with Gasteiger partial charge in [0.2, 0.25) is 0 Å². The number of aromatic nitrogens is 2. The molecule has 2 aromatic heterocycles. The second-order valence-electron chi connectivity index (χ2n) is 4.85. The van der Waals surface area contributed by atoms with E-state index >= 15 is 0 Å². The van der Waals surface area contributed by atoms with Crippen molar-refractivity contribution < 1.29 is 4.42 Å². The maximum Gasteiger partial charge on any atom is 0.134 e. The molecular formula is C17H17ClN2O. The summed E-state index contributed by atoms with van der Waals surface area (Å²) in [5.74, 6) is 1.73. The van der Waals surface area contributed by atoms with Crippen LogP contribution in [0.2, 0.25) is 0 Å². The summed E-state index contributed by atoms with van der Waals surface area (Å²) in [5, 5.41) is 0. The van der Waals surface area contributed by atoms with Crippen LogP contribution >= 0.6 is 12.4 Å². The van der Waals surface area contributed by atoms with E-state index in [1.165, 1.54) is 0 Å². The average Bonchev–Trinajstić information content (AvgIpc) is 3.04. The van der Waals surface area contributed by atoms with E-state index in [2.05, 4.69) is 22.2 Å². The average molecular weight is 301 g/mol. The Morgan fingerprint density at radius 2 is 2.05 bits per heavy atom. The lowest BCUT2D eigenvalue weighted by Crippen LogP contribution is -2.00. The maximum atomic E-state index is 5.31. The van der Waals surface area contributed by atoms with Crippen molar-refractivity contribution in [2.75, 3.05) is 0 Å². The Hall–Kier alpha value is -2.26. The second kappa shape index (κ2) is 6.46. The molecule has 0 saturated carbocycles. The van der Waals surface area contributed by atoms with Crippen LogP contribution in [0.3, 0.4) is 0 Å². The van der Waals surface area contributed by atoms with E-state index in [4.69, 9.17) is 4.42 Å². The number of hydrogen-bond donors (Lipinski definition) is 0. The third kappa shape index (κ3) is 3.26. The quantitative estimate of drug-likeness (QED) is 0.648. The van der Waals surface area contributed by atoms with Gasteiger partial charge in [-0.3, -0.25) is 0 Å². The van der Waals surface area contributed by atoms with Gasteiger partial charge in [0, 0.05) is 6.54 Å². The number of imidazole rings is 1. The molecule has 0 aliphatic heterocycles. The zero-order valence-electron chi connectivity index (χ0n) is 11.8. The van der Waals surface area contributed by atoms with Gasteiger partial charge in [-0.1, -0.05) is 24.3 Å². The van der Waals surface area contributed by atoms with Crippen LogP contribution in [0.25, 0.3) is 23.2 Å². The summed E-state index contributed by atoms with van der Waals surface area (Å²) in [7, 11) is 0. The van der Waals surface area contributed by atoms with Crippen LogP contribution in [-0.2, 0) is 6.54 Å². The number of benzene rings is 1. The van der Waals surface area contributed by atoms with Crippen molar-refractivity contribution in [3.8, 4) is 0 Å². The van der Waals surface area contributed by atoms with Crippen molar-refractivity contribution in [2.45, 2.75) is 13.5 Å². The molecule has 0 amide bonds. The number of hydrogen-bond acceptors (Lipinski definition) is 2. The predicted octanol–water partition coefficient (Wildman–Crippen LogP) is 4.80. The Morgan fingerprint density at radius 3 is 2.76 bits per heavy atom. The van der Waals surface area contributed by atoms with Crippen molar-refractivity contribution in [1.82, 2.24) is 9.55 Å². The van der Waals surface area contributed by atoms with Gasteiger partial charge in [-0.15, -0.1) is 12.4 Å². The molecule has 0 aliphatic rings. The summed E-state index contributed by atoms with van der Waals surface area (Å²) >= 11 is 0. The Kier molecular flexibility index (Phi) is 4.66. The molecule has 3 aromatic rings. The van der Waals surface area contributed by atoms with E-state index in [9.17, 15) is 0 Å². The molecule has 0 spiro atoms. The molecule has 2 heterocycles. The van der Waals surface area contributed by atoms with Crippen LogP contribution in [0.4, 0.5) is 0 Å². The SMILES string of the molecule is C=C(C)Cn1c(/C=C/c2ccco2)nc2ccccc21.Cl. The lowest BCUT2D eigenvalue weighted by atomic mass is 10.3. The highest BCUT2D eigenvalue weighted by Gasteiger charge is 2.07. The van der Waals surface area contributed by atoms with E-state index in [0.717, 1.165) is 34.7 Å². The molecule has 4 heteroatoms. The molecule has 1 aromatic carbocycles. The maximum absolute atomic E-state index is 5.31. The Labute approximate surface area is 130 Å². The van der Waals surface area contributed by atoms with Crippen LogP contribution in [0.15, 0.2) is 59.2 Å². The molecule has 108 valence electrons. The lowest BCUT2D eigenvalue weighted by molar-refractivity contribution is 0.557. The standard InChI is InChI=1S/C17H16N2O.ClH/c1-13(2)12-19-16-8-4-3-7-15(16)18-17(19)10-9-14-6-5-11-20-14;/h3-11H,1,12H2,2H3;1H/b10-9+;. The van der Waals surface area contributed by atoms with Crippen molar-refractivity contribution in [2.24, 2.45) is 0 Å². The number of rotatable bonds is 4. The lowest BCUT2D eigenvalue weighted by Gasteiger charge is -2.06. The van der Waals surface area contributed by atoms with E-state index in [1.54, 1.807) is 6.26 Å². The van der Waals surface area contributed by atoms with E-state index in [-0.39, 0.29) is 12.4 Å². The summed E-state index contributed by atoms with van der Waals surface area (Å²) in [6, 6.07) is 11.9. The largest absolute Gasteiger partial charge is 0.465 e. The van der Waals surface area contributed by atoms with Crippen LogP contribution in [0.5, 0.6) is 0 Å². The minimum absolute atomic E-state index is 0. The molecule has 21 heavy (non-hydrogen) atoms. The van der Waals surface area contributed by atoms with E-state index in [0.29, 0.717) is 0 Å². The molecule has 0 atom stereocenters. The zero-order valence-corrected chi connectivity index (χ0v) is 12.6. The Morgan fingerprint density at radius 1 is 1.24 bits per heavy atom. The molecular weight excluding hydrogens is 284 g/mol. The number of nitrogens with zero attached hydrogens (tertiary/aromatic N) is 2. The molecule has 3 rings (SSSR count). The first-order chi connectivity index (χ1) is 9.74. The molecule has 0 N–H and O–H groups in total. The summed E-state index contributed by atoms with van der Waals surface area (Å²) in [6.45, 7) is 6.78. The fourth-order valence-corrected chi connectivity index (χ4v) is 2.20. The van der Waals surface area contributed by atoms with Gasteiger partial charge in [-0.05, 0) is 43.3 Å². The summed E-state index contributed by atoms with van der Waals surface area (Å²) in [6.07, 6.45) is 5.56. The minimum atomic E-state index is 0.